The molecule has 1 atom stereocenters. The SMILES string of the molecule is CNC(c1ccc(Cl)s1)C1(C#N)CC1. The molecule has 1 heterocycles. The predicted molar refractivity (Wildman–Crippen MR) is 58.4 cm³/mol. The van der Waals surface area contributed by atoms with Gasteiger partial charge in [0.1, 0.15) is 0 Å². The molecule has 1 fully saturated rings. The van der Waals surface area contributed by atoms with Crippen LogP contribution in [0.25, 0.3) is 0 Å². The van der Waals surface area contributed by atoms with Crippen LogP contribution in [0, 0.1) is 16.7 Å². The molecule has 0 aliphatic heterocycles. The van der Waals surface area contributed by atoms with Crippen LogP contribution in [0.5, 0.6) is 0 Å². The number of hydrogen-bond acceptors (Lipinski definition) is 3. The Bertz CT molecular complexity index is 376. The molecule has 1 aliphatic rings. The Morgan fingerprint density at radius 3 is 2.71 bits per heavy atom. The van der Waals surface area contributed by atoms with E-state index in [1.54, 1.807) is 11.3 Å². The number of rotatable bonds is 3. The number of nitrogens with one attached hydrogen (secondary N) is 1. The Balaban J connectivity index is 2.27. The summed E-state index contributed by atoms with van der Waals surface area (Å²) in [5.41, 5.74) is -0.178. The molecule has 1 unspecified atom stereocenters. The Morgan fingerprint density at radius 2 is 2.36 bits per heavy atom. The lowest BCUT2D eigenvalue weighted by molar-refractivity contribution is 0.451. The molecular formula is C10H11ClN2S. The van der Waals surface area contributed by atoms with Crippen LogP contribution in [-0.2, 0) is 0 Å². The van der Waals surface area contributed by atoms with Crippen molar-refractivity contribution in [2.45, 2.75) is 18.9 Å². The molecule has 1 aromatic rings. The average molecular weight is 227 g/mol. The number of thiophene rings is 1. The highest BCUT2D eigenvalue weighted by Gasteiger charge is 2.50. The van der Waals surface area contributed by atoms with Crippen molar-refractivity contribution < 1.29 is 0 Å². The van der Waals surface area contributed by atoms with E-state index in [2.05, 4.69) is 11.4 Å². The molecule has 1 aliphatic carbocycles. The highest BCUT2D eigenvalue weighted by molar-refractivity contribution is 7.16. The minimum absolute atomic E-state index is 0.144. The summed E-state index contributed by atoms with van der Waals surface area (Å²) in [4.78, 5) is 1.16. The van der Waals surface area contributed by atoms with Gasteiger partial charge in [0, 0.05) is 4.88 Å². The highest BCUT2D eigenvalue weighted by atomic mass is 35.5. The highest BCUT2D eigenvalue weighted by Crippen LogP contribution is 2.55. The maximum Gasteiger partial charge on any atom is 0.0931 e. The van der Waals surface area contributed by atoms with Crippen molar-refractivity contribution in [2.75, 3.05) is 7.05 Å². The second-order valence-corrected chi connectivity index (χ2v) is 5.38. The molecule has 2 rings (SSSR count). The van der Waals surface area contributed by atoms with E-state index in [1.807, 2.05) is 19.2 Å². The van der Waals surface area contributed by atoms with Crippen LogP contribution in [0.1, 0.15) is 23.8 Å². The molecule has 0 saturated heterocycles. The Kier molecular flexibility index (Phi) is 2.52. The molecule has 1 aromatic heterocycles. The number of halogens is 1. The third kappa shape index (κ3) is 1.54. The topological polar surface area (TPSA) is 35.8 Å². The molecule has 14 heavy (non-hydrogen) atoms. The fourth-order valence-electron chi connectivity index (χ4n) is 1.77. The van der Waals surface area contributed by atoms with Crippen molar-refractivity contribution in [3.05, 3.63) is 21.3 Å². The van der Waals surface area contributed by atoms with Gasteiger partial charge >= 0.3 is 0 Å². The van der Waals surface area contributed by atoms with Gasteiger partial charge in [0.2, 0.25) is 0 Å². The first-order valence-electron chi connectivity index (χ1n) is 4.55. The van der Waals surface area contributed by atoms with Crippen LogP contribution < -0.4 is 5.32 Å². The molecule has 0 radical (unpaired) electrons. The van der Waals surface area contributed by atoms with Gasteiger partial charge in [-0.1, -0.05) is 11.6 Å². The lowest BCUT2D eigenvalue weighted by Crippen LogP contribution is -2.24. The number of nitriles is 1. The molecule has 1 saturated carbocycles. The fraction of sp³-hybridized carbons (Fsp3) is 0.500. The Labute approximate surface area is 92.5 Å². The summed E-state index contributed by atoms with van der Waals surface area (Å²) < 4.78 is 0.786. The van der Waals surface area contributed by atoms with Crippen molar-refractivity contribution in [3.8, 4) is 6.07 Å². The molecule has 4 heteroatoms. The fourth-order valence-corrected chi connectivity index (χ4v) is 3.06. The maximum atomic E-state index is 9.11. The van der Waals surface area contributed by atoms with Crippen molar-refractivity contribution in [1.29, 1.82) is 5.26 Å². The third-order valence-corrected chi connectivity index (χ3v) is 4.03. The largest absolute Gasteiger partial charge is 0.311 e. The lowest BCUT2D eigenvalue weighted by Gasteiger charge is -2.18. The summed E-state index contributed by atoms with van der Waals surface area (Å²) in [5, 5.41) is 12.3. The first kappa shape index (κ1) is 9.97. The molecule has 0 bridgehead atoms. The van der Waals surface area contributed by atoms with Gasteiger partial charge in [-0.2, -0.15) is 5.26 Å². The van der Waals surface area contributed by atoms with Crippen molar-refractivity contribution in [3.63, 3.8) is 0 Å². The first-order valence-corrected chi connectivity index (χ1v) is 5.75. The summed E-state index contributed by atoms with van der Waals surface area (Å²) in [6.45, 7) is 0. The van der Waals surface area contributed by atoms with Crippen LogP contribution in [0.4, 0.5) is 0 Å². The second-order valence-electron chi connectivity index (χ2n) is 3.63. The second kappa shape index (κ2) is 3.54. The number of nitrogens with zero attached hydrogens (tertiary/aromatic N) is 1. The van der Waals surface area contributed by atoms with Crippen LogP contribution in [0.3, 0.4) is 0 Å². The normalized spacial score (nSPS) is 20.1. The summed E-state index contributed by atoms with van der Waals surface area (Å²) in [7, 11) is 1.90. The zero-order valence-corrected chi connectivity index (χ0v) is 9.45. The van der Waals surface area contributed by atoms with Crippen LogP contribution >= 0.6 is 22.9 Å². The van der Waals surface area contributed by atoms with Gasteiger partial charge in [-0.3, -0.25) is 0 Å². The van der Waals surface area contributed by atoms with Crippen LogP contribution in [0.15, 0.2) is 12.1 Å². The summed E-state index contributed by atoms with van der Waals surface area (Å²) in [6, 6.07) is 6.45. The summed E-state index contributed by atoms with van der Waals surface area (Å²) in [6.07, 6.45) is 1.98. The summed E-state index contributed by atoms with van der Waals surface area (Å²) in [5.74, 6) is 0. The van der Waals surface area contributed by atoms with Gasteiger partial charge < -0.3 is 5.32 Å². The van der Waals surface area contributed by atoms with Gasteiger partial charge in [-0.15, -0.1) is 11.3 Å². The van der Waals surface area contributed by atoms with E-state index < -0.39 is 0 Å². The average Bonchev–Trinajstić information content (AvgIpc) is 2.86. The minimum atomic E-state index is -0.178. The monoisotopic (exact) mass is 226 g/mol. The summed E-state index contributed by atoms with van der Waals surface area (Å²) >= 11 is 7.44. The van der Waals surface area contributed by atoms with E-state index in [-0.39, 0.29) is 11.5 Å². The molecule has 74 valence electrons. The predicted octanol–water partition coefficient (Wildman–Crippen LogP) is 2.97. The van der Waals surface area contributed by atoms with E-state index in [0.717, 1.165) is 22.1 Å². The Hall–Kier alpha value is -0.560. The van der Waals surface area contributed by atoms with Gasteiger partial charge in [-0.05, 0) is 32.0 Å². The third-order valence-electron chi connectivity index (χ3n) is 2.73. The first-order chi connectivity index (χ1) is 6.72. The number of hydrogen-bond donors (Lipinski definition) is 1. The molecular weight excluding hydrogens is 216 g/mol. The van der Waals surface area contributed by atoms with Crippen molar-refractivity contribution in [1.82, 2.24) is 5.32 Å². The van der Waals surface area contributed by atoms with Crippen LogP contribution in [0.2, 0.25) is 4.34 Å². The van der Waals surface area contributed by atoms with E-state index in [4.69, 9.17) is 16.9 Å². The van der Waals surface area contributed by atoms with Crippen molar-refractivity contribution in [2.24, 2.45) is 5.41 Å². The Morgan fingerprint density at radius 1 is 1.64 bits per heavy atom. The maximum absolute atomic E-state index is 9.11. The quantitative estimate of drug-likeness (QED) is 0.860. The van der Waals surface area contributed by atoms with Crippen molar-refractivity contribution >= 4 is 22.9 Å². The van der Waals surface area contributed by atoms with Gasteiger partial charge in [0.05, 0.1) is 21.9 Å². The van der Waals surface area contributed by atoms with Gasteiger partial charge in [-0.25, -0.2) is 0 Å². The smallest absolute Gasteiger partial charge is 0.0931 e. The standard InChI is InChI=1S/C10H11ClN2S/c1-13-9(10(6-12)4-5-10)7-2-3-8(11)14-7/h2-3,9,13H,4-5H2,1H3. The van der Waals surface area contributed by atoms with E-state index in [1.165, 1.54) is 0 Å². The molecule has 1 N–H and O–H groups in total. The zero-order valence-electron chi connectivity index (χ0n) is 7.88. The van der Waals surface area contributed by atoms with Crippen LogP contribution in [-0.4, -0.2) is 7.05 Å². The van der Waals surface area contributed by atoms with Gasteiger partial charge in [0.15, 0.2) is 0 Å². The zero-order chi connectivity index (χ0) is 10.2. The molecule has 0 spiro atoms. The van der Waals surface area contributed by atoms with E-state index in [0.29, 0.717) is 0 Å². The van der Waals surface area contributed by atoms with E-state index >= 15 is 0 Å². The molecule has 2 nitrogen and oxygen atoms in total. The van der Waals surface area contributed by atoms with E-state index in [9.17, 15) is 0 Å². The lowest BCUT2D eigenvalue weighted by atomic mass is 9.97. The molecule has 0 aromatic carbocycles. The minimum Gasteiger partial charge on any atom is -0.311 e. The molecule has 0 amide bonds. The van der Waals surface area contributed by atoms with Gasteiger partial charge in [0.25, 0.3) is 0 Å².